The number of primary amides is 1. The van der Waals surface area contributed by atoms with Crippen LogP contribution < -0.4 is 16.4 Å². The van der Waals surface area contributed by atoms with Gasteiger partial charge in [0.2, 0.25) is 0 Å². The molecule has 4 N–H and O–H groups in total. The molecule has 1 atom stereocenters. The van der Waals surface area contributed by atoms with Crippen LogP contribution in [-0.4, -0.2) is 33.0 Å². The minimum Gasteiger partial charge on any atom is -0.351 e. The average molecular weight is 285 g/mol. The number of hydrogen-bond donors (Lipinski definition) is 3. The van der Waals surface area contributed by atoms with E-state index in [2.05, 4.69) is 10.6 Å². The molecule has 1 unspecified atom stereocenters. The summed E-state index contributed by atoms with van der Waals surface area (Å²) in [4.78, 5) is 10.7. The summed E-state index contributed by atoms with van der Waals surface area (Å²) in [6.07, 6.45) is 1.21. The third-order valence-electron chi connectivity index (χ3n) is 2.60. The molecular formula is C12H19N3O3S. The molecule has 0 aliphatic rings. The van der Waals surface area contributed by atoms with Gasteiger partial charge in [-0.2, -0.15) is 0 Å². The lowest BCUT2D eigenvalue weighted by Crippen LogP contribution is -2.25. The molecule has 0 heterocycles. The van der Waals surface area contributed by atoms with E-state index < -0.39 is 15.9 Å². The number of amides is 2. The van der Waals surface area contributed by atoms with Crippen molar-refractivity contribution >= 4 is 21.6 Å². The van der Waals surface area contributed by atoms with Crippen LogP contribution in [0.2, 0.25) is 0 Å². The molecule has 0 saturated carbocycles. The number of carbonyl (C=O) groups excluding carboxylic acids is 1. The van der Waals surface area contributed by atoms with Crippen LogP contribution in [0.3, 0.4) is 0 Å². The van der Waals surface area contributed by atoms with E-state index >= 15 is 0 Å². The molecule has 0 bridgehead atoms. The Labute approximate surface area is 113 Å². The highest BCUT2D eigenvalue weighted by molar-refractivity contribution is 7.90. The van der Waals surface area contributed by atoms with E-state index in [0.717, 1.165) is 5.56 Å². The van der Waals surface area contributed by atoms with Crippen molar-refractivity contribution in [1.29, 1.82) is 0 Å². The lowest BCUT2D eigenvalue weighted by molar-refractivity contribution is 0.259. The maximum absolute atomic E-state index is 11.0. The maximum atomic E-state index is 11.0. The van der Waals surface area contributed by atoms with Gasteiger partial charge < -0.3 is 16.4 Å². The van der Waals surface area contributed by atoms with Crippen molar-refractivity contribution in [2.75, 3.05) is 23.9 Å². The third-order valence-corrected chi connectivity index (χ3v) is 3.55. The molecular weight excluding hydrogens is 266 g/mol. The highest BCUT2D eigenvalue weighted by Gasteiger charge is 2.07. The maximum Gasteiger partial charge on any atom is 0.316 e. The van der Waals surface area contributed by atoms with E-state index in [9.17, 15) is 13.2 Å². The first kappa shape index (κ1) is 15.5. The minimum atomic E-state index is -2.95. The number of benzene rings is 1. The van der Waals surface area contributed by atoms with E-state index in [1.54, 1.807) is 12.1 Å². The second kappa shape index (κ2) is 6.53. The van der Waals surface area contributed by atoms with Gasteiger partial charge in [-0.15, -0.1) is 0 Å². The molecule has 0 radical (unpaired) electrons. The first-order chi connectivity index (χ1) is 8.78. The van der Waals surface area contributed by atoms with Crippen molar-refractivity contribution in [2.45, 2.75) is 13.0 Å². The molecule has 106 valence electrons. The number of carbonyl (C=O) groups is 1. The Kier molecular flexibility index (Phi) is 5.31. The zero-order valence-electron chi connectivity index (χ0n) is 11.0. The van der Waals surface area contributed by atoms with Gasteiger partial charge in [0.1, 0.15) is 9.84 Å². The molecule has 0 saturated heterocycles. The van der Waals surface area contributed by atoms with Crippen LogP contribution in [0.1, 0.15) is 18.5 Å². The highest BCUT2D eigenvalue weighted by atomic mass is 32.2. The Hall–Kier alpha value is -1.60. The lowest BCUT2D eigenvalue weighted by Gasteiger charge is -2.14. The predicted octanol–water partition coefficient (Wildman–Crippen LogP) is 0.872. The summed E-state index contributed by atoms with van der Waals surface area (Å²) < 4.78 is 22.0. The summed E-state index contributed by atoms with van der Waals surface area (Å²) in [5.74, 6) is 0.110. The normalized spacial score (nSPS) is 12.9. The van der Waals surface area contributed by atoms with Gasteiger partial charge in [0.25, 0.3) is 0 Å². The number of urea groups is 1. The zero-order chi connectivity index (χ0) is 14.5. The quantitative estimate of drug-likeness (QED) is 0.722. The van der Waals surface area contributed by atoms with Crippen LogP contribution in [0, 0.1) is 0 Å². The summed E-state index contributed by atoms with van der Waals surface area (Å²) in [6.45, 7) is 2.35. The summed E-state index contributed by atoms with van der Waals surface area (Å²) in [7, 11) is -2.95. The number of nitrogens with two attached hydrogens (primary N) is 1. The first-order valence-electron chi connectivity index (χ1n) is 5.85. The summed E-state index contributed by atoms with van der Waals surface area (Å²) in [5, 5.41) is 5.60. The molecule has 0 spiro atoms. The van der Waals surface area contributed by atoms with Crippen LogP contribution in [0.5, 0.6) is 0 Å². The molecule has 6 nitrogen and oxygen atoms in total. The lowest BCUT2D eigenvalue weighted by atomic mass is 10.1. The SMILES string of the molecule is CC(NCCS(C)(=O)=O)c1ccc(NC(N)=O)cc1. The van der Waals surface area contributed by atoms with E-state index in [4.69, 9.17) is 5.73 Å². The number of nitrogens with one attached hydrogen (secondary N) is 2. The molecule has 2 amide bonds. The standard InChI is InChI=1S/C12H19N3O3S/c1-9(14-7-8-19(2,17)18)10-3-5-11(6-4-10)15-12(13)16/h3-6,9,14H,7-8H2,1-2H3,(H3,13,15,16). The van der Waals surface area contributed by atoms with Gasteiger partial charge in [-0.3, -0.25) is 0 Å². The molecule has 1 rings (SSSR count). The van der Waals surface area contributed by atoms with Crippen LogP contribution in [0.15, 0.2) is 24.3 Å². The molecule has 0 aromatic heterocycles. The Balaban J connectivity index is 2.53. The molecule has 1 aromatic rings. The van der Waals surface area contributed by atoms with E-state index in [-0.39, 0.29) is 11.8 Å². The third kappa shape index (κ3) is 6.21. The number of hydrogen-bond acceptors (Lipinski definition) is 4. The Bertz CT molecular complexity index is 526. The fourth-order valence-electron chi connectivity index (χ4n) is 1.58. The van der Waals surface area contributed by atoms with Crippen LogP contribution >= 0.6 is 0 Å². The van der Waals surface area contributed by atoms with Gasteiger partial charge in [-0.1, -0.05) is 12.1 Å². The summed E-state index contributed by atoms with van der Waals surface area (Å²) in [6, 6.07) is 6.62. The second-order valence-electron chi connectivity index (χ2n) is 4.42. The second-order valence-corrected chi connectivity index (χ2v) is 6.68. The minimum absolute atomic E-state index is 0.0318. The summed E-state index contributed by atoms with van der Waals surface area (Å²) in [5.41, 5.74) is 6.64. The van der Waals surface area contributed by atoms with Crippen molar-refractivity contribution in [3.63, 3.8) is 0 Å². The van der Waals surface area contributed by atoms with Gasteiger partial charge in [0.05, 0.1) is 5.75 Å². The summed E-state index contributed by atoms with van der Waals surface area (Å²) >= 11 is 0. The van der Waals surface area contributed by atoms with Crippen molar-refractivity contribution in [3.8, 4) is 0 Å². The van der Waals surface area contributed by atoms with E-state index in [0.29, 0.717) is 12.2 Å². The van der Waals surface area contributed by atoms with Gasteiger partial charge in [0, 0.05) is 24.5 Å². The Morgan fingerprint density at radius 3 is 2.37 bits per heavy atom. The fraction of sp³-hybridized carbons (Fsp3) is 0.417. The van der Waals surface area contributed by atoms with E-state index in [1.165, 1.54) is 6.26 Å². The van der Waals surface area contributed by atoms with E-state index in [1.807, 2.05) is 19.1 Å². The number of anilines is 1. The number of rotatable bonds is 6. The zero-order valence-corrected chi connectivity index (χ0v) is 11.8. The molecule has 1 aromatic carbocycles. The van der Waals surface area contributed by atoms with Crippen molar-refractivity contribution < 1.29 is 13.2 Å². The molecule has 0 fully saturated rings. The van der Waals surface area contributed by atoms with Crippen molar-refractivity contribution in [2.24, 2.45) is 5.73 Å². The van der Waals surface area contributed by atoms with Crippen LogP contribution in [0.25, 0.3) is 0 Å². The monoisotopic (exact) mass is 285 g/mol. The van der Waals surface area contributed by atoms with Crippen LogP contribution in [-0.2, 0) is 9.84 Å². The molecule has 7 heteroatoms. The molecule has 0 aliphatic carbocycles. The topological polar surface area (TPSA) is 101 Å². The first-order valence-corrected chi connectivity index (χ1v) is 7.91. The molecule has 0 aliphatic heterocycles. The largest absolute Gasteiger partial charge is 0.351 e. The van der Waals surface area contributed by atoms with Crippen LogP contribution in [0.4, 0.5) is 10.5 Å². The fourth-order valence-corrected chi connectivity index (χ4v) is 2.06. The smallest absolute Gasteiger partial charge is 0.316 e. The highest BCUT2D eigenvalue weighted by Crippen LogP contribution is 2.15. The van der Waals surface area contributed by atoms with Gasteiger partial charge >= 0.3 is 6.03 Å². The van der Waals surface area contributed by atoms with Gasteiger partial charge in [-0.25, -0.2) is 13.2 Å². The average Bonchev–Trinajstić information content (AvgIpc) is 2.27. The van der Waals surface area contributed by atoms with Crippen molar-refractivity contribution in [3.05, 3.63) is 29.8 Å². The Morgan fingerprint density at radius 1 is 1.32 bits per heavy atom. The predicted molar refractivity (Wildman–Crippen MR) is 75.8 cm³/mol. The molecule has 19 heavy (non-hydrogen) atoms. The Morgan fingerprint density at radius 2 is 1.89 bits per heavy atom. The van der Waals surface area contributed by atoms with Gasteiger partial charge in [-0.05, 0) is 24.6 Å². The van der Waals surface area contributed by atoms with Crippen molar-refractivity contribution in [1.82, 2.24) is 5.32 Å². The van der Waals surface area contributed by atoms with Gasteiger partial charge in [0.15, 0.2) is 0 Å². The number of sulfone groups is 1.